The standard InChI is InChI=1S/C27H31N7O4/c1-17-14-37-10-9-34(17)24-20-6-7-21(18-4-3-5-19(12-18)25(36)28-2)30-23(20)31-26(32-24)33-8-11-38-27(16-33)13-22(35)29-15-27/h3-7,12,17H,8-11,13-16H2,1-2H3,(H,28,36)(H,29,35)/t17-,27?/m0/s1. The molecule has 2 atom stereocenters. The van der Waals surface area contributed by atoms with Crippen molar-refractivity contribution < 1.29 is 19.1 Å². The third-order valence-corrected chi connectivity index (χ3v) is 7.44. The van der Waals surface area contributed by atoms with E-state index in [1.165, 1.54) is 0 Å². The topological polar surface area (TPSA) is 122 Å². The molecule has 2 amide bonds. The lowest BCUT2D eigenvalue weighted by molar-refractivity contribution is -0.121. The predicted octanol–water partition coefficient (Wildman–Crippen LogP) is 1.37. The lowest BCUT2D eigenvalue weighted by Gasteiger charge is -2.40. The van der Waals surface area contributed by atoms with Crippen molar-refractivity contribution >= 4 is 34.6 Å². The summed E-state index contributed by atoms with van der Waals surface area (Å²) in [5.41, 5.74) is 2.12. The molecular weight excluding hydrogens is 486 g/mol. The minimum atomic E-state index is -0.574. The Morgan fingerprint density at radius 3 is 2.84 bits per heavy atom. The summed E-state index contributed by atoms with van der Waals surface area (Å²) >= 11 is 0. The van der Waals surface area contributed by atoms with Crippen molar-refractivity contribution in [3.05, 3.63) is 42.0 Å². The predicted molar refractivity (Wildman–Crippen MR) is 142 cm³/mol. The van der Waals surface area contributed by atoms with Gasteiger partial charge >= 0.3 is 0 Å². The minimum Gasteiger partial charge on any atom is -0.377 e. The molecule has 2 N–H and O–H groups in total. The Kier molecular flexibility index (Phi) is 6.32. The normalized spacial score (nSPS) is 23.6. The van der Waals surface area contributed by atoms with Gasteiger partial charge in [-0.1, -0.05) is 12.1 Å². The average molecular weight is 518 g/mol. The number of pyridine rings is 1. The number of benzene rings is 1. The average Bonchev–Trinajstić information content (AvgIpc) is 3.30. The second-order valence-corrected chi connectivity index (χ2v) is 10.1. The Morgan fingerprint density at radius 1 is 1.16 bits per heavy atom. The van der Waals surface area contributed by atoms with Gasteiger partial charge < -0.3 is 29.9 Å². The highest BCUT2D eigenvalue weighted by Gasteiger charge is 2.44. The summed E-state index contributed by atoms with van der Waals surface area (Å²) in [5, 5.41) is 6.42. The molecule has 1 spiro atoms. The summed E-state index contributed by atoms with van der Waals surface area (Å²) in [7, 11) is 1.61. The smallest absolute Gasteiger partial charge is 0.251 e. The molecule has 0 aliphatic carbocycles. The van der Waals surface area contributed by atoms with Crippen molar-refractivity contribution in [1.29, 1.82) is 0 Å². The maximum absolute atomic E-state index is 12.2. The van der Waals surface area contributed by atoms with E-state index in [9.17, 15) is 9.59 Å². The fraction of sp³-hybridized carbons (Fsp3) is 0.444. The van der Waals surface area contributed by atoms with Crippen LogP contribution >= 0.6 is 0 Å². The van der Waals surface area contributed by atoms with Crippen LogP contribution in [0.4, 0.5) is 11.8 Å². The van der Waals surface area contributed by atoms with Crippen LogP contribution in [0.3, 0.4) is 0 Å². The molecule has 3 fully saturated rings. The molecular formula is C27H31N7O4. The van der Waals surface area contributed by atoms with Gasteiger partial charge in [0.1, 0.15) is 11.4 Å². The van der Waals surface area contributed by atoms with Crippen LogP contribution in [0.1, 0.15) is 23.7 Å². The Balaban J connectivity index is 1.44. The maximum atomic E-state index is 12.2. The zero-order valence-electron chi connectivity index (χ0n) is 21.6. The number of rotatable bonds is 4. The summed E-state index contributed by atoms with van der Waals surface area (Å²) in [6, 6.07) is 11.5. The van der Waals surface area contributed by atoms with E-state index >= 15 is 0 Å². The first kappa shape index (κ1) is 24.5. The minimum absolute atomic E-state index is 0.000552. The van der Waals surface area contributed by atoms with E-state index in [1.807, 2.05) is 30.3 Å². The highest BCUT2D eigenvalue weighted by atomic mass is 16.5. The van der Waals surface area contributed by atoms with Crippen molar-refractivity contribution in [3.63, 3.8) is 0 Å². The van der Waals surface area contributed by atoms with Gasteiger partial charge in [-0.05, 0) is 31.2 Å². The van der Waals surface area contributed by atoms with Gasteiger partial charge in [-0.2, -0.15) is 9.97 Å². The summed E-state index contributed by atoms with van der Waals surface area (Å²) in [5.74, 6) is 1.23. The first-order valence-electron chi connectivity index (χ1n) is 13.0. The summed E-state index contributed by atoms with van der Waals surface area (Å²) in [4.78, 5) is 43.5. The molecule has 0 radical (unpaired) electrons. The van der Waals surface area contributed by atoms with E-state index in [0.29, 0.717) is 69.6 Å². The van der Waals surface area contributed by atoms with Gasteiger partial charge in [0.05, 0.1) is 49.9 Å². The van der Waals surface area contributed by atoms with Crippen molar-refractivity contribution in [2.45, 2.75) is 25.0 Å². The summed E-state index contributed by atoms with van der Waals surface area (Å²) in [6.45, 7) is 6.18. The van der Waals surface area contributed by atoms with Gasteiger partial charge in [-0.15, -0.1) is 0 Å². The summed E-state index contributed by atoms with van der Waals surface area (Å²) in [6.07, 6.45) is 0.328. The quantitative estimate of drug-likeness (QED) is 0.528. The van der Waals surface area contributed by atoms with Crippen molar-refractivity contribution in [3.8, 4) is 11.3 Å². The van der Waals surface area contributed by atoms with Crippen molar-refractivity contribution in [2.24, 2.45) is 0 Å². The number of carbonyl (C=O) groups excluding carboxylic acids is 2. The van der Waals surface area contributed by atoms with Gasteiger partial charge in [-0.3, -0.25) is 9.59 Å². The maximum Gasteiger partial charge on any atom is 0.251 e. The van der Waals surface area contributed by atoms with Crippen LogP contribution in [0.15, 0.2) is 36.4 Å². The number of amides is 2. The van der Waals surface area contributed by atoms with E-state index in [0.717, 1.165) is 22.5 Å². The Morgan fingerprint density at radius 2 is 2.05 bits per heavy atom. The Labute approximate surface area is 220 Å². The van der Waals surface area contributed by atoms with Gasteiger partial charge in [0, 0.05) is 37.8 Å². The van der Waals surface area contributed by atoms with E-state index in [2.05, 4.69) is 27.4 Å². The largest absolute Gasteiger partial charge is 0.377 e. The molecule has 1 unspecified atom stereocenters. The van der Waals surface area contributed by atoms with Crippen LogP contribution in [0, 0.1) is 0 Å². The number of hydrogen-bond acceptors (Lipinski definition) is 9. The molecule has 2 aromatic heterocycles. The van der Waals surface area contributed by atoms with Crippen LogP contribution < -0.4 is 20.4 Å². The fourth-order valence-electron chi connectivity index (χ4n) is 5.42. The van der Waals surface area contributed by atoms with Gasteiger partial charge in [-0.25, -0.2) is 4.98 Å². The second kappa shape index (κ2) is 9.80. The molecule has 0 bridgehead atoms. The number of carbonyl (C=O) groups is 2. The van der Waals surface area contributed by atoms with Crippen molar-refractivity contribution in [1.82, 2.24) is 25.6 Å². The Hall–Kier alpha value is -3.83. The molecule has 38 heavy (non-hydrogen) atoms. The number of morpholine rings is 2. The third kappa shape index (κ3) is 4.52. The van der Waals surface area contributed by atoms with E-state index in [-0.39, 0.29) is 17.9 Å². The van der Waals surface area contributed by atoms with E-state index < -0.39 is 5.60 Å². The zero-order chi connectivity index (χ0) is 26.3. The molecule has 1 aromatic carbocycles. The highest BCUT2D eigenvalue weighted by Crippen LogP contribution is 2.33. The zero-order valence-corrected chi connectivity index (χ0v) is 21.6. The van der Waals surface area contributed by atoms with Gasteiger partial charge in [0.25, 0.3) is 5.91 Å². The molecule has 3 saturated heterocycles. The van der Waals surface area contributed by atoms with E-state index in [1.54, 1.807) is 13.1 Å². The molecule has 11 nitrogen and oxygen atoms in total. The van der Waals surface area contributed by atoms with Crippen LogP contribution in [-0.4, -0.2) is 91.5 Å². The number of aromatic nitrogens is 3. The molecule has 3 aliphatic heterocycles. The number of fused-ring (bicyclic) bond motifs is 1. The second-order valence-electron chi connectivity index (χ2n) is 10.1. The molecule has 3 aliphatic rings. The number of nitrogens with one attached hydrogen (secondary N) is 2. The van der Waals surface area contributed by atoms with Crippen LogP contribution in [0.25, 0.3) is 22.3 Å². The number of nitrogens with zero attached hydrogens (tertiary/aromatic N) is 5. The lowest BCUT2D eigenvalue weighted by atomic mass is 10.0. The first-order valence-corrected chi connectivity index (χ1v) is 13.0. The molecule has 6 rings (SSSR count). The molecule has 0 saturated carbocycles. The van der Waals surface area contributed by atoms with Crippen LogP contribution in [0.5, 0.6) is 0 Å². The first-order chi connectivity index (χ1) is 18.4. The van der Waals surface area contributed by atoms with Crippen LogP contribution in [0.2, 0.25) is 0 Å². The summed E-state index contributed by atoms with van der Waals surface area (Å²) < 4.78 is 11.7. The highest BCUT2D eigenvalue weighted by molar-refractivity contribution is 5.95. The SMILES string of the molecule is CNC(=O)c1cccc(-c2ccc3c(N4CCOC[C@@H]4C)nc(N4CCOC5(CNC(=O)C5)C4)nc3n2)c1. The fourth-order valence-corrected chi connectivity index (χ4v) is 5.42. The molecule has 198 valence electrons. The Bertz CT molecular complexity index is 1400. The number of anilines is 2. The molecule has 5 heterocycles. The van der Waals surface area contributed by atoms with Crippen molar-refractivity contribution in [2.75, 3.05) is 62.8 Å². The number of ether oxygens (including phenoxy) is 2. The monoisotopic (exact) mass is 517 g/mol. The lowest BCUT2D eigenvalue weighted by Crippen LogP contribution is -2.53. The number of hydrogen-bond donors (Lipinski definition) is 2. The molecule has 3 aromatic rings. The third-order valence-electron chi connectivity index (χ3n) is 7.44. The van der Waals surface area contributed by atoms with Crippen LogP contribution in [-0.2, 0) is 14.3 Å². The van der Waals surface area contributed by atoms with Gasteiger partial charge in [0.2, 0.25) is 11.9 Å². The molecule has 11 heteroatoms. The van der Waals surface area contributed by atoms with E-state index in [4.69, 9.17) is 24.4 Å². The van der Waals surface area contributed by atoms with Gasteiger partial charge in [0.15, 0.2) is 5.65 Å².